The SMILES string of the molecule is Cc1cc(N)cc(C(=O)N(C)Cc2ccccc2Br)c1F. The van der Waals surface area contributed by atoms with Gasteiger partial charge in [0.2, 0.25) is 0 Å². The lowest BCUT2D eigenvalue weighted by Crippen LogP contribution is -2.27. The van der Waals surface area contributed by atoms with Gasteiger partial charge in [-0.05, 0) is 36.2 Å². The zero-order valence-corrected chi connectivity index (χ0v) is 13.4. The lowest BCUT2D eigenvalue weighted by atomic mass is 10.1. The molecule has 1 amide bonds. The van der Waals surface area contributed by atoms with Crippen molar-refractivity contribution in [2.45, 2.75) is 13.5 Å². The Morgan fingerprint density at radius 1 is 1.33 bits per heavy atom. The zero-order chi connectivity index (χ0) is 15.6. The van der Waals surface area contributed by atoms with Crippen molar-refractivity contribution in [1.82, 2.24) is 4.90 Å². The lowest BCUT2D eigenvalue weighted by molar-refractivity contribution is 0.0780. The fourth-order valence-corrected chi connectivity index (χ4v) is 2.52. The van der Waals surface area contributed by atoms with Crippen molar-refractivity contribution in [1.29, 1.82) is 0 Å². The molecule has 2 aromatic carbocycles. The summed E-state index contributed by atoms with van der Waals surface area (Å²) in [5.41, 5.74) is 7.40. The summed E-state index contributed by atoms with van der Waals surface area (Å²) in [7, 11) is 1.64. The number of nitrogens with zero attached hydrogens (tertiary/aromatic N) is 1. The molecule has 0 radical (unpaired) electrons. The Labute approximate surface area is 131 Å². The van der Waals surface area contributed by atoms with E-state index in [-0.39, 0.29) is 5.56 Å². The van der Waals surface area contributed by atoms with Crippen molar-refractivity contribution in [2.75, 3.05) is 12.8 Å². The summed E-state index contributed by atoms with van der Waals surface area (Å²) in [6.45, 7) is 1.98. The molecule has 0 spiro atoms. The predicted molar refractivity (Wildman–Crippen MR) is 85.5 cm³/mol. The highest BCUT2D eigenvalue weighted by Crippen LogP contribution is 2.21. The van der Waals surface area contributed by atoms with Crippen molar-refractivity contribution in [3.8, 4) is 0 Å². The van der Waals surface area contributed by atoms with Gasteiger partial charge >= 0.3 is 0 Å². The van der Waals surface area contributed by atoms with Crippen molar-refractivity contribution < 1.29 is 9.18 Å². The van der Waals surface area contributed by atoms with Crippen LogP contribution in [0.1, 0.15) is 21.5 Å². The van der Waals surface area contributed by atoms with Crippen LogP contribution >= 0.6 is 15.9 Å². The molecular formula is C16H16BrFN2O. The number of carbonyl (C=O) groups excluding carboxylic acids is 1. The Morgan fingerprint density at radius 2 is 2.00 bits per heavy atom. The second kappa shape index (κ2) is 6.26. The highest BCUT2D eigenvalue weighted by molar-refractivity contribution is 9.10. The van der Waals surface area contributed by atoms with E-state index >= 15 is 0 Å². The van der Waals surface area contributed by atoms with Gasteiger partial charge in [0.05, 0.1) is 5.56 Å². The van der Waals surface area contributed by atoms with Crippen molar-refractivity contribution in [3.63, 3.8) is 0 Å². The predicted octanol–water partition coefficient (Wildman–Crippen LogP) is 3.75. The van der Waals surface area contributed by atoms with E-state index < -0.39 is 11.7 Å². The molecule has 0 heterocycles. The van der Waals surface area contributed by atoms with Crippen molar-refractivity contribution in [3.05, 3.63) is 63.4 Å². The van der Waals surface area contributed by atoms with Gasteiger partial charge in [-0.15, -0.1) is 0 Å². The van der Waals surface area contributed by atoms with Crippen LogP contribution in [0.15, 0.2) is 40.9 Å². The smallest absolute Gasteiger partial charge is 0.256 e. The number of nitrogen functional groups attached to an aromatic ring is 1. The Balaban J connectivity index is 2.26. The van der Waals surface area contributed by atoms with Crippen LogP contribution in [0.3, 0.4) is 0 Å². The third-order valence-electron chi connectivity index (χ3n) is 3.22. The molecule has 0 aliphatic heterocycles. The fourth-order valence-electron chi connectivity index (χ4n) is 2.11. The van der Waals surface area contributed by atoms with Crippen LogP contribution in [0, 0.1) is 12.7 Å². The normalized spacial score (nSPS) is 10.5. The van der Waals surface area contributed by atoms with Crippen LogP contribution < -0.4 is 5.73 Å². The Hall–Kier alpha value is -1.88. The number of anilines is 1. The van der Waals surface area contributed by atoms with Gasteiger partial charge < -0.3 is 10.6 Å². The van der Waals surface area contributed by atoms with Crippen LogP contribution in [-0.2, 0) is 6.54 Å². The molecule has 0 atom stereocenters. The molecule has 0 saturated heterocycles. The Bertz CT molecular complexity index is 688. The molecule has 0 unspecified atom stereocenters. The number of hydrogen-bond acceptors (Lipinski definition) is 2. The van der Waals surface area contributed by atoms with Gasteiger partial charge in [-0.1, -0.05) is 34.1 Å². The van der Waals surface area contributed by atoms with Gasteiger partial charge in [0.1, 0.15) is 5.82 Å². The summed E-state index contributed by atoms with van der Waals surface area (Å²) >= 11 is 3.44. The van der Waals surface area contributed by atoms with E-state index in [0.717, 1.165) is 10.0 Å². The average Bonchev–Trinajstić information content (AvgIpc) is 2.44. The van der Waals surface area contributed by atoms with Gasteiger partial charge in [0, 0.05) is 23.8 Å². The molecule has 0 aliphatic rings. The number of hydrogen-bond donors (Lipinski definition) is 1. The largest absolute Gasteiger partial charge is 0.399 e. The maximum Gasteiger partial charge on any atom is 0.256 e. The number of rotatable bonds is 3. The van der Waals surface area contributed by atoms with E-state index in [0.29, 0.717) is 17.8 Å². The molecule has 2 rings (SSSR count). The van der Waals surface area contributed by atoms with Crippen molar-refractivity contribution in [2.24, 2.45) is 0 Å². The Kier molecular flexibility index (Phi) is 4.63. The number of carbonyl (C=O) groups is 1. The number of halogens is 2. The summed E-state index contributed by atoms with van der Waals surface area (Å²) in [6, 6.07) is 10.5. The number of nitrogens with two attached hydrogens (primary N) is 1. The maximum absolute atomic E-state index is 14.1. The number of aryl methyl sites for hydroxylation is 1. The standard InChI is InChI=1S/C16H16BrFN2O/c1-10-7-12(19)8-13(15(10)18)16(21)20(2)9-11-5-3-4-6-14(11)17/h3-8H,9,19H2,1-2H3. The summed E-state index contributed by atoms with van der Waals surface area (Å²) in [6.07, 6.45) is 0. The zero-order valence-electron chi connectivity index (χ0n) is 11.9. The molecule has 3 nitrogen and oxygen atoms in total. The molecule has 0 bridgehead atoms. The van der Waals surface area contributed by atoms with Gasteiger partial charge in [-0.3, -0.25) is 4.79 Å². The molecule has 0 fully saturated rings. The molecule has 0 saturated carbocycles. The first-order chi connectivity index (χ1) is 9.90. The maximum atomic E-state index is 14.1. The van der Waals surface area contributed by atoms with Crippen LogP contribution in [0.4, 0.5) is 10.1 Å². The molecule has 0 aromatic heterocycles. The number of benzene rings is 2. The quantitative estimate of drug-likeness (QED) is 0.856. The molecule has 110 valence electrons. The van der Waals surface area contributed by atoms with Crippen LogP contribution in [0.25, 0.3) is 0 Å². The van der Waals surface area contributed by atoms with E-state index in [9.17, 15) is 9.18 Å². The van der Waals surface area contributed by atoms with Crippen LogP contribution in [0.5, 0.6) is 0 Å². The van der Waals surface area contributed by atoms with Gasteiger partial charge in [-0.2, -0.15) is 0 Å². The fraction of sp³-hybridized carbons (Fsp3) is 0.188. The second-order valence-electron chi connectivity index (χ2n) is 4.95. The van der Waals surface area contributed by atoms with E-state index in [4.69, 9.17) is 5.73 Å². The molecule has 2 aromatic rings. The molecule has 5 heteroatoms. The molecule has 2 N–H and O–H groups in total. The van der Waals surface area contributed by atoms with E-state index in [2.05, 4.69) is 15.9 Å². The third-order valence-corrected chi connectivity index (χ3v) is 3.99. The highest BCUT2D eigenvalue weighted by atomic mass is 79.9. The van der Waals surface area contributed by atoms with Crippen LogP contribution in [0.2, 0.25) is 0 Å². The lowest BCUT2D eigenvalue weighted by Gasteiger charge is -2.19. The second-order valence-corrected chi connectivity index (χ2v) is 5.81. The minimum Gasteiger partial charge on any atom is -0.399 e. The first-order valence-electron chi connectivity index (χ1n) is 6.44. The first kappa shape index (κ1) is 15.5. The summed E-state index contributed by atoms with van der Waals surface area (Å²) in [5.74, 6) is -0.910. The third kappa shape index (κ3) is 3.42. The number of amides is 1. The molecular weight excluding hydrogens is 335 g/mol. The average molecular weight is 351 g/mol. The highest BCUT2D eigenvalue weighted by Gasteiger charge is 2.19. The van der Waals surface area contributed by atoms with Gasteiger partial charge in [-0.25, -0.2) is 4.39 Å². The van der Waals surface area contributed by atoms with Crippen LogP contribution in [-0.4, -0.2) is 17.9 Å². The molecule has 0 aliphatic carbocycles. The van der Waals surface area contributed by atoms with Gasteiger partial charge in [0.15, 0.2) is 0 Å². The minimum absolute atomic E-state index is 0.00190. The van der Waals surface area contributed by atoms with E-state index in [1.165, 1.54) is 17.0 Å². The first-order valence-corrected chi connectivity index (χ1v) is 7.24. The summed E-state index contributed by atoms with van der Waals surface area (Å²) in [5, 5.41) is 0. The topological polar surface area (TPSA) is 46.3 Å². The monoisotopic (exact) mass is 350 g/mol. The summed E-state index contributed by atoms with van der Waals surface area (Å²) in [4.78, 5) is 13.9. The van der Waals surface area contributed by atoms with Gasteiger partial charge in [0.25, 0.3) is 5.91 Å². The van der Waals surface area contributed by atoms with Crippen molar-refractivity contribution >= 4 is 27.5 Å². The van der Waals surface area contributed by atoms with E-state index in [1.807, 2.05) is 24.3 Å². The minimum atomic E-state index is -0.520. The molecule has 21 heavy (non-hydrogen) atoms. The Morgan fingerprint density at radius 3 is 2.67 bits per heavy atom. The summed E-state index contributed by atoms with van der Waals surface area (Å²) < 4.78 is 15.0. The van der Waals surface area contributed by atoms with E-state index in [1.54, 1.807) is 14.0 Å².